The molecule has 0 atom stereocenters. The van der Waals surface area contributed by atoms with E-state index in [1.54, 1.807) is 0 Å². The summed E-state index contributed by atoms with van der Waals surface area (Å²) in [6.45, 7) is 0. The van der Waals surface area contributed by atoms with E-state index in [-0.39, 0.29) is 16.5 Å². The number of benzene rings is 2. The molecule has 10 heteroatoms. The van der Waals surface area contributed by atoms with E-state index in [9.17, 15) is 23.2 Å². The van der Waals surface area contributed by atoms with Gasteiger partial charge in [-0.05, 0) is 24.3 Å². The predicted molar refractivity (Wildman–Crippen MR) is 120 cm³/mol. The maximum absolute atomic E-state index is 13.2. The first kappa shape index (κ1) is 21.8. The summed E-state index contributed by atoms with van der Waals surface area (Å²) in [5.74, 6) is 0. The molecule has 4 rings (SSSR count). The lowest BCUT2D eigenvalue weighted by atomic mass is 10.1. The fourth-order valence-corrected chi connectivity index (χ4v) is 4.16. The minimum atomic E-state index is -4.69. The third-order valence-corrected chi connectivity index (χ3v) is 5.78. The van der Waals surface area contributed by atoms with Crippen LogP contribution in [0.5, 0.6) is 0 Å². The molecule has 0 spiro atoms. The molecule has 0 unspecified atom stereocenters. The topological polar surface area (TPSA) is 78.9 Å². The highest BCUT2D eigenvalue weighted by Gasteiger charge is 2.33. The van der Waals surface area contributed by atoms with Crippen molar-refractivity contribution in [1.29, 1.82) is 5.26 Å². The molecule has 0 bridgehead atoms. The maximum atomic E-state index is 13.2. The van der Waals surface area contributed by atoms with Gasteiger partial charge in [0.05, 0.1) is 11.3 Å². The van der Waals surface area contributed by atoms with E-state index >= 15 is 0 Å². The summed E-state index contributed by atoms with van der Waals surface area (Å²) in [6.07, 6.45) is -3.29. The van der Waals surface area contributed by atoms with Gasteiger partial charge in [0, 0.05) is 44.8 Å². The molecule has 0 amide bonds. The fraction of sp³-hybridized carbons (Fsp3) is 0.0455. The lowest BCUT2D eigenvalue weighted by molar-refractivity contribution is -0.136. The van der Waals surface area contributed by atoms with E-state index in [1.165, 1.54) is 35.7 Å². The van der Waals surface area contributed by atoms with Crippen molar-refractivity contribution < 1.29 is 17.6 Å². The van der Waals surface area contributed by atoms with Crippen LogP contribution in [-0.4, -0.2) is 4.98 Å². The minimum Gasteiger partial charge on any atom is -0.423 e. The zero-order chi connectivity index (χ0) is 22.9. The molecule has 2 aromatic carbocycles. The van der Waals surface area contributed by atoms with E-state index in [2.05, 4.69) is 32.3 Å². The molecular weight excluding hydrogens is 507 g/mol. The SMILES string of the molecule is N#C/C(=C\Nc1ccc2c(C(F)(F)F)cc(=O)oc2c1)c1nc(-c2cccc(Br)c2)cs1. The molecular formula is C22H11BrF3N3O2S. The Bertz CT molecular complexity index is 1450. The molecule has 0 saturated heterocycles. The standard InChI is InChI=1S/C22H11BrF3N3O2S/c23-14-3-1-2-12(6-14)18-11-32-21(29-18)13(9-27)10-28-15-4-5-16-17(22(24,25)26)8-20(30)31-19(16)7-15/h1-8,10-11,28H/b13-10+. The number of rotatable bonds is 4. The van der Waals surface area contributed by atoms with Crippen LogP contribution in [0.1, 0.15) is 10.6 Å². The van der Waals surface area contributed by atoms with Crippen LogP contribution in [0.4, 0.5) is 18.9 Å². The number of hydrogen-bond donors (Lipinski definition) is 1. The van der Waals surface area contributed by atoms with E-state index in [1.807, 2.05) is 29.6 Å². The number of nitrogens with one attached hydrogen (secondary N) is 1. The molecule has 2 heterocycles. The molecule has 0 aliphatic rings. The lowest BCUT2D eigenvalue weighted by Gasteiger charge is -2.10. The first-order valence-electron chi connectivity index (χ1n) is 8.98. The molecule has 1 N–H and O–H groups in total. The first-order chi connectivity index (χ1) is 15.2. The number of allylic oxidation sites excluding steroid dienone is 1. The van der Waals surface area contributed by atoms with Gasteiger partial charge >= 0.3 is 11.8 Å². The third kappa shape index (κ3) is 4.59. The number of nitrogens with zero attached hydrogens (tertiary/aromatic N) is 2. The number of hydrogen-bond acceptors (Lipinski definition) is 6. The maximum Gasteiger partial charge on any atom is 0.417 e. The van der Waals surface area contributed by atoms with Gasteiger partial charge in [-0.25, -0.2) is 9.78 Å². The molecule has 0 saturated carbocycles. The second-order valence-corrected chi connectivity index (χ2v) is 8.32. The molecule has 4 aromatic rings. The Morgan fingerprint density at radius 2 is 2.03 bits per heavy atom. The fourth-order valence-electron chi connectivity index (χ4n) is 2.96. The number of anilines is 1. The number of fused-ring (bicyclic) bond motifs is 1. The monoisotopic (exact) mass is 517 g/mol. The zero-order valence-electron chi connectivity index (χ0n) is 15.9. The van der Waals surface area contributed by atoms with Crippen molar-refractivity contribution in [3.63, 3.8) is 0 Å². The predicted octanol–water partition coefficient (Wildman–Crippen LogP) is 6.67. The molecule has 5 nitrogen and oxygen atoms in total. The van der Waals surface area contributed by atoms with Crippen LogP contribution in [0.2, 0.25) is 0 Å². The van der Waals surface area contributed by atoms with Gasteiger partial charge in [-0.1, -0.05) is 28.1 Å². The van der Waals surface area contributed by atoms with Gasteiger partial charge in [-0.3, -0.25) is 0 Å². The normalized spacial score (nSPS) is 12.0. The van der Waals surface area contributed by atoms with Gasteiger partial charge in [-0.15, -0.1) is 11.3 Å². The number of alkyl halides is 3. The second kappa shape index (κ2) is 8.61. The van der Waals surface area contributed by atoms with Crippen LogP contribution >= 0.6 is 27.3 Å². The van der Waals surface area contributed by atoms with E-state index in [0.29, 0.717) is 22.5 Å². The number of thiazole rings is 1. The van der Waals surface area contributed by atoms with Crippen molar-refractivity contribution in [2.24, 2.45) is 0 Å². The van der Waals surface area contributed by atoms with Gasteiger partial charge < -0.3 is 9.73 Å². The highest BCUT2D eigenvalue weighted by Crippen LogP contribution is 2.34. The van der Waals surface area contributed by atoms with Crippen molar-refractivity contribution in [2.75, 3.05) is 5.32 Å². The summed E-state index contributed by atoms with van der Waals surface area (Å²) in [5.41, 5.74) is -0.201. The van der Waals surface area contributed by atoms with E-state index in [4.69, 9.17) is 4.42 Å². The van der Waals surface area contributed by atoms with Crippen LogP contribution in [0.3, 0.4) is 0 Å². The third-order valence-electron chi connectivity index (χ3n) is 4.41. The van der Waals surface area contributed by atoms with Gasteiger partial charge in [0.1, 0.15) is 22.2 Å². The average Bonchev–Trinajstić information content (AvgIpc) is 3.23. The highest BCUT2D eigenvalue weighted by molar-refractivity contribution is 9.10. The summed E-state index contributed by atoms with van der Waals surface area (Å²) in [4.78, 5) is 16.0. The van der Waals surface area contributed by atoms with Gasteiger partial charge in [0.25, 0.3) is 0 Å². The Morgan fingerprint density at radius 1 is 1.22 bits per heavy atom. The Balaban J connectivity index is 1.63. The molecule has 2 aromatic heterocycles. The molecule has 0 aliphatic carbocycles. The Kier molecular flexibility index (Phi) is 5.86. The lowest BCUT2D eigenvalue weighted by Crippen LogP contribution is -2.11. The molecule has 0 radical (unpaired) electrons. The van der Waals surface area contributed by atoms with Crippen molar-refractivity contribution >= 4 is 49.5 Å². The van der Waals surface area contributed by atoms with Crippen LogP contribution in [0.15, 0.2) is 73.8 Å². The van der Waals surface area contributed by atoms with Gasteiger partial charge in [-0.2, -0.15) is 18.4 Å². The van der Waals surface area contributed by atoms with Crippen molar-refractivity contribution in [3.8, 4) is 17.3 Å². The van der Waals surface area contributed by atoms with Crippen molar-refractivity contribution in [2.45, 2.75) is 6.18 Å². The van der Waals surface area contributed by atoms with Gasteiger partial charge in [0.15, 0.2) is 0 Å². The smallest absolute Gasteiger partial charge is 0.417 e. The number of halogens is 4. The summed E-state index contributed by atoms with van der Waals surface area (Å²) in [7, 11) is 0. The minimum absolute atomic E-state index is 0.215. The van der Waals surface area contributed by atoms with Crippen molar-refractivity contribution in [1.82, 2.24) is 4.98 Å². The van der Waals surface area contributed by atoms with Crippen LogP contribution in [0.25, 0.3) is 27.8 Å². The first-order valence-corrected chi connectivity index (χ1v) is 10.7. The second-order valence-electron chi connectivity index (χ2n) is 6.55. The van der Waals surface area contributed by atoms with Crippen molar-refractivity contribution in [3.05, 3.63) is 85.6 Å². The van der Waals surface area contributed by atoms with Crippen LogP contribution in [0, 0.1) is 11.3 Å². The summed E-state index contributed by atoms with van der Waals surface area (Å²) < 4.78 is 45.4. The Hall–Kier alpha value is -3.42. The Morgan fingerprint density at radius 3 is 2.75 bits per heavy atom. The largest absolute Gasteiger partial charge is 0.423 e. The molecule has 32 heavy (non-hydrogen) atoms. The van der Waals surface area contributed by atoms with E-state index in [0.717, 1.165) is 10.0 Å². The summed E-state index contributed by atoms with van der Waals surface area (Å²) in [5, 5.41) is 14.5. The van der Waals surface area contributed by atoms with Gasteiger partial charge in [0.2, 0.25) is 0 Å². The van der Waals surface area contributed by atoms with Crippen LogP contribution in [-0.2, 0) is 6.18 Å². The number of nitriles is 1. The average molecular weight is 518 g/mol. The van der Waals surface area contributed by atoms with E-state index < -0.39 is 17.4 Å². The quantitative estimate of drug-likeness (QED) is 0.241. The Labute approximate surface area is 191 Å². The summed E-state index contributed by atoms with van der Waals surface area (Å²) >= 11 is 4.69. The highest BCUT2D eigenvalue weighted by atomic mass is 79.9. The zero-order valence-corrected chi connectivity index (χ0v) is 18.3. The number of aromatic nitrogens is 1. The molecule has 0 fully saturated rings. The molecule has 160 valence electrons. The molecule has 0 aliphatic heterocycles. The van der Waals surface area contributed by atoms with Crippen LogP contribution < -0.4 is 10.9 Å². The summed E-state index contributed by atoms with van der Waals surface area (Å²) in [6, 6.07) is 13.9.